The Kier molecular flexibility index (Phi) is 5.59. The van der Waals surface area contributed by atoms with Gasteiger partial charge in [0.05, 0.1) is 14.2 Å². The number of hydrogen-bond donors (Lipinski definition) is 1. The van der Waals surface area contributed by atoms with Crippen molar-refractivity contribution in [3.8, 4) is 39.9 Å². The molecule has 1 N–H and O–H groups in total. The molecular formula is C27H22O7. The first-order valence-electron chi connectivity index (χ1n) is 10.6. The largest absolute Gasteiger partial charge is 0.493 e. The molecule has 1 aliphatic rings. The third kappa shape index (κ3) is 3.71. The molecule has 34 heavy (non-hydrogen) atoms. The van der Waals surface area contributed by atoms with Crippen LogP contribution in [0.3, 0.4) is 0 Å². The number of carboxylic acid groups (broad SMARTS) is 1. The van der Waals surface area contributed by atoms with E-state index in [0.717, 1.165) is 16.3 Å². The highest BCUT2D eigenvalue weighted by Crippen LogP contribution is 2.46. The molecule has 0 spiro atoms. The van der Waals surface area contributed by atoms with E-state index < -0.39 is 5.97 Å². The predicted molar refractivity (Wildman–Crippen MR) is 126 cm³/mol. The number of aromatic carboxylic acids is 1. The van der Waals surface area contributed by atoms with Crippen LogP contribution < -0.4 is 23.7 Å². The molecule has 0 fully saturated rings. The topological polar surface area (TPSA) is 83.5 Å². The van der Waals surface area contributed by atoms with Gasteiger partial charge in [-0.1, -0.05) is 36.4 Å². The molecule has 0 aliphatic carbocycles. The van der Waals surface area contributed by atoms with Gasteiger partial charge in [-0.15, -0.1) is 0 Å². The van der Waals surface area contributed by atoms with E-state index in [1.54, 1.807) is 12.1 Å². The zero-order valence-corrected chi connectivity index (χ0v) is 18.7. The maximum Gasteiger partial charge on any atom is 0.340 e. The Bertz CT molecular complexity index is 1380. The number of rotatable bonds is 7. The molecule has 0 unspecified atom stereocenters. The van der Waals surface area contributed by atoms with E-state index >= 15 is 0 Å². The zero-order chi connectivity index (χ0) is 23.7. The molecule has 1 aliphatic heterocycles. The second-order valence-corrected chi connectivity index (χ2v) is 7.67. The van der Waals surface area contributed by atoms with E-state index in [1.165, 1.54) is 14.2 Å². The van der Waals surface area contributed by atoms with Crippen LogP contribution in [0.25, 0.3) is 21.9 Å². The third-order valence-corrected chi connectivity index (χ3v) is 5.74. The van der Waals surface area contributed by atoms with Crippen molar-refractivity contribution in [2.45, 2.75) is 6.61 Å². The molecule has 0 atom stereocenters. The molecule has 0 saturated carbocycles. The Balaban J connectivity index is 1.74. The summed E-state index contributed by atoms with van der Waals surface area (Å²) in [4.78, 5) is 12.3. The molecule has 0 amide bonds. The molecule has 0 bridgehead atoms. The van der Waals surface area contributed by atoms with Crippen molar-refractivity contribution in [2.24, 2.45) is 0 Å². The van der Waals surface area contributed by atoms with Crippen LogP contribution in [0.4, 0.5) is 0 Å². The van der Waals surface area contributed by atoms with Crippen LogP contribution in [0.15, 0.2) is 66.7 Å². The summed E-state index contributed by atoms with van der Waals surface area (Å²) in [6, 6.07) is 20.7. The monoisotopic (exact) mass is 458 g/mol. The van der Waals surface area contributed by atoms with Crippen LogP contribution in [-0.4, -0.2) is 32.1 Å². The first-order valence-corrected chi connectivity index (χ1v) is 10.6. The number of ether oxygens (including phenoxy) is 5. The summed E-state index contributed by atoms with van der Waals surface area (Å²) >= 11 is 0. The lowest BCUT2D eigenvalue weighted by atomic mass is 9.94. The van der Waals surface area contributed by atoms with Gasteiger partial charge in [-0.3, -0.25) is 0 Å². The smallest absolute Gasteiger partial charge is 0.340 e. The molecule has 5 rings (SSSR count). The minimum absolute atomic E-state index is 0.00787. The van der Waals surface area contributed by atoms with Crippen LogP contribution >= 0.6 is 0 Å². The molecule has 7 nitrogen and oxygen atoms in total. The standard InChI is InChI=1S/C27H22O7/c1-30-21-11-10-18(24(27(28)29)26(21)31-2)19-9-8-17-12-22-23(34-15-33-22)13-20(17)25(19)32-14-16-6-4-3-5-7-16/h3-13H,14-15H2,1-2H3,(H,28,29). The van der Waals surface area contributed by atoms with E-state index in [-0.39, 0.29) is 18.1 Å². The SMILES string of the molecule is COc1ccc(-c2ccc3cc4c(cc3c2OCc2ccccc2)OCO4)c(C(=O)O)c1OC. The third-order valence-electron chi connectivity index (χ3n) is 5.74. The van der Waals surface area contributed by atoms with Crippen molar-refractivity contribution in [2.75, 3.05) is 21.0 Å². The molecule has 172 valence electrons. The van der Waals surface area contributed by atoms with E-state index in [1.807, 2.05) is 54.6 Å². The Morgan fingerprint density at radius 3 is 2.32 bits per heavy atom. The van der Waals surface area contributed by atoms with Crippen molar-refractivity contribution in [3.05, 3.63) is 77.9 Å². The second kappa shape index (κ2) is 8.86. The van der Waals surface area contributed by atoms with Crippen LogP contribution in [0, 0.1) is 0 Å². The predicted octanol–water partition coefficient (Wildman–Crippen LogP) is 5.53. The second-order valence-electron chi connectivity index (χ2n) is 7.67. The summed E-state index contributed by atoms with van der Waals surface area (Å²) in [5, 5.41) is 11.7. The molecule has 0 radical (unpaired) electrons. The Morgan fingerprint density at radius 2 is 1.62 bits per heavy atom. The van der Waals surface area contributed by atoms with Gasteiger partial charge >= 0.3 is 5.97 Å². The van der Waals surface area contributed by atoms with Gasteiger partial charge in [-0.25, -0.2) is 4.79 Å². The van der Waals surface area contributed by atoms with E-state index in [9.17, 15) is 9.90 Å². The van der Waals surface area contributed by atoms with Crippen LogP contribution in [0.5, 0.6) is 28.7 Å². The normalized spacial score (nSPS) is 11.9. The number of hydrogen-bond acceptors (Lipinski definition) is 6. The van der Waals surface area contributed by atoms with Crippen LogP contribution in [0.1, 0.15) is 15.9 Å². The maximum absolute atomic E-state index is 12.3. The summed E-state index contributed by atoms with van der Waals surface area (Å²) in [6.45, 7) is 0.453. The molecule has 1 heterocycles. The lowest BCUT2D eigenvalue weighted by Crippen LogP contribution is -2.06. The zero-order valence-electron chi connectivity index (χ0n) is 18.7. The highest BCUT2D eigenvalue weighted by atomic mass is 16.7. The summed E-state index contributed by atoms with van der Waals surface area (Å²) in [5.74, 6) is 1.15. The highest BCUT2D eigenvalue weighted by molar-refractivity contribution is 6.04. The van der Waals surface area contributed by atoms with Crippen molar-refractivity contribution >= 4 is 16.7 Å². The molecule has 0 aromatic heterocycles. The van der Waals surface area contributed by atoms with Gasteiger partial charge in [0.25, 0.3) is 0 Å². The van der Waals surface area contributed by atoms with Crippen molar-refractivity contribution < 1.29 is 33.6 Å². The first kappa shape index (κ1) is 21.5. The summed E-state index contributed by atoms with van der Waals surface area (Å²) in [5.41, 5.74) is 2.04. The van der Waals surface area contributed by atoms with Gasteiger partial charge in [0.2, 0.25) is 6.79 Å². The molecule has 4 aromatic carbocycles. The number of carboxylic acids is 1. The summed E-state index contributed by atoms with van der Waals surface area (Å²) < 4.78 is 28.2. The number of methoxy groups -OCH3 is 2. The fraction of sp³-hybridized carbons (Fsp3) is 0.148. The van der Waals surface area contributed by atoms with Gasteiger partial charge in [-0.2, -0.15) is 0 Å². The van der Waals surface area contributed by atoms with Gasteiger partial charge in [0, 0.05) is 16.5 Å². The number of benzene rings is 4. The van der Waals surface area contributed by atoms with Crippen LogP contribution in [0.2, 0.25) is 0 Å². The number of carbonyl (C=O) groups is 1. The highest BCUT2D eigenvalue weighted by Gasteiger charge is 2.25. The van der Waals surface area contributed by atoms with E-state index in [4.69, 9.17) is 23.7 Å². The molecular weight excluding hydrogens is 436 g/mol. The fourth-order valence-corrected chi connectivity index (χ4v) is 4.15. The van der Waals surface area contributed by atoms with Gasteiger partial charge < -0.3 is 28.8 Å². The lowest BCUT2D eigenvalue weighted by Gasteiger charge is -2.19. The minimum atomic E-state index is -1.13. The Labute approximate surface area is 196 Å². The van der Waals surface area contributed by atoms with E-state index in [2.05, 4.69) is 0 Å². The minimum Gasteiger partial charge on any atom is -0.493 e. The molecule has 0 saturated heterocycles. The lowest BCUT2D eigenvalue weighted by molar-refractivity contribution is 0.0693. The summed E-state index contributed by atoms with van der Waals surface area (Å²) in [6.07, 6.45) is 0. The van der Waals surface area contributed by atoms with E-state index in [0.29, 0.717) is 40.7 Å². The molecule has 4 aromatic rings. The average Bonchev–Trinajstić information content (AvgIpc) is 3.33. The van der Waals surface area contributed by atoms with Gasteiger partial charge in [0.1, 0.15) is 17.9 Å². The maximum atomic E-state index is 12.3. The fourth-order valence-electron chi connectivity index (χ4n) is 4.15. The number of fused-ring (bicyclic) bond motifs is 2. The van der Waals surface area contributed by atoms with Gasteiger partial charge in [0.15, 0.2) is 23.0 Å². The summed E-state index contributed by atoms with van der Waals surface area (Å²) in [7, 11) is 2.89. The van der Waals surface area contributed by atoms with Crippen molar-refractivity contribution in [3.63, 3.8) is 0 Å². The first-order chi connectivity index (χ1) is 16.6. The van der Waals surface area contributed by atoms with Crippen molar-refractivity contribution in [1.82, 2.24) is 0 Å². The quantitative estimate of drug-likeness (QED) is 0.390. The molecule has 7 heteroatoms. The van der Waals surface area contributed by atoms with Crippen molar-refractivity contribution in [1.29, 1.82) is 0 Å². The Morgan fingerprint density at radius 1 is 0.882 bits per heavy atom. The van der Waals surface area contributed by atoms with Gasteiger partial charge in [-0.05, 0) is 41.3 Å². The van der Waals surface area contributed by atoms with Crippen LogP contribution in [-0.2, 0) is 6.61 Å². The average molecular weight is 458 g/mol. The Hall–Kier alpha value is -4.39.